The Kier molecular flexibility index (Phi) is 8.65. The van der Waals surface area contributed by atoms with Gasteiger partial charge in [-0.3, -0.25) is 0 Å². The zero-order chi connectivity index (χ0) is 22.1. The van der Waals surface area contributed by atoms with Gasteiger partial charge in [0.2, 0.25) is 0 Å². The second-order valence-electron chi connectivity index (χ2n) is 6.28. The van der Waals surface area contributed by atoms with E-state index in [0.717, 1.165) is 22.6 Å². The van der Waals surface area contributed by atoms with Crippen molar-refractivity contribution < 1.29 is 32.2 Å². The molecule has 30 heavy (non-hydrogen) atoms. The van der Waals surface area contributed by atoms with Crippen LogP contribution in [0.15, 0.2) is 59.7 Å². The molecule has 0 aliphatic rings. The molecule has 0 aliphatic carbocycles. The number of hydrogen-bond acceptors (Lipinski definition) is 5. The van der Waals surface area contributed by atoms with Crippen LogP contribution in [0.25, 0.3) is 0 Å². The molecule has 2 rings (SSSR count). The lowest BCUT2D eigenvalue weighted by Crippen LogP contribution is -2.14. The van der Waals surface area contributed by atoms with Crippen molar-refractivity contribution in [2.45, 2.75) is 31.3 Å². The Morgan fingerprint density at radius 2 is 1.83 bits per heavy atom. The number of carbonyl (C=O) groups excluding carboxylic acids is 1. The summed E-state index contributed by atoms with van der Waals surface area (Å²) < 4.78 is 53.5. The molecule has 0 unspecified atom stereocenters. The van der Waals surface area contributed by atoms with Crippen LogP contribution in [0.2, 0.25) is 0 Å². The first-order chi connectivity index (χ1) is 14.2. The quantitative estimate of drug-likeness (QED) is 0.256. The number of alkyl halides is 3. The van der Waals surface area contributed by atoms with E-state index in [1.165, 1.54) is 12.1 Å². The van der Waals surface area contributed by atoms with Crippen LogP contribution in [0, 0.1) is 6.92 Å². The van der Waals surface area contributed by atoms with Gasteiger partial charge in [-0.05, 0) is 61.9 Å². The minimum absolute atomic E-state index is 0.137. The van der Waals surface area contributed by atoms with Crippen molar-refractivity contribution in [1.29, 1.82) is 0 Å². The van der Waals surface area contributed by atoms with Gasteiger partial charge in [-0.2, -0.15) is 13.2 Å². The molecule has 0 aromatic heterocycles. The van der Waals surface area contributed by atoms with E-state index >= 15 is 0 Å². The maximum atomic E-state index is 12.6. The zero-order valence-electron chi connectivity index (χ0n) is 16.8. The van der Waals surface area contributed by atoms with Crippen molar-refractivity contribution in [3.05, 3.63) is 65.9 Å². The molecule has 0 saturated heterocycles. The van der Waals surface area contributed by atoms with Crippen molar-refractivity contribution in [3.8, 4) is 11.5 Å². The minimum Gasteiger partial charge on any atom is -0.482 e. The maximum absolute atomic E-state index is 12.6. The number of hydrogen-bond donors (Lipinski definition) is 0. The molecule has 0 N–H and O–H groups in total. The molecular weight excluding hydrogens is 417 g/mol. The van der Waals surface area contributed by atoms with Gasteiger partial charge >= 0.3 is 12.1 Å². The van der Waals surface area contributed by atoms with E-state index in [-0.39, 0.29) is 6.61 Å². The van der Waals surface area contributed by atoms with Gasteiger partial charge in [-0.1, -0.05) is 6.58 Å². The smallest absolute Gasteiger partial charge is 0.416 e. The van der Waals surface area contributed by atoms with Crippen LogP contribution in [0.4, 0.5) is 13.2 Å². The Balaban J connectivity index is 1.78. The summed E-state index contributed by atoms with van der Waals surface area (Å²) in [4.78, 5) is 12.4. The predicted molar refractivity (Wildman–Crippen MR) is 110 cm³/mol. The summed E-state index contributed by atoms with van der Waals surface area (Å²) in [5, 5.41) is 0. The van der Waals surface area contributed by atoms with Gasteiger partial charge in [0, 0.05) is 17.1 Å². The fraction of sp³-hybridized carbons (Fsp3) is 0.318. The lowest BCUT2D eigenvalue weighted by Gasteiger charge is -2.12. The molecule has 0 spiro atoms. The number of carbonyl (C=O) groups is 1. The fourth-order valence-electron chi connectivity index (χ4n) is 2.43. The first-order valence-electron chi connectivity index (χ1n) is 9.23. The third kappa shape index (κ3) is 7.67. The standard InChI is InChI=1S/C22H23F3O4S/c1-4-27-21(26)14-28-20-10-9-19(13-15(20)2)30-12-11-16(3)29-18-7-5-17(6-8-18)22(23,24)25/h5-10,13H,3-4,11-12,14H2,1-2H3. The van der Waals surface area contributed by atoms with Crippen molar-refractivity contribution in [1.82, 2.24) is 0 Å². The van der Waals surface area contributed by atoms with Crippen molar-refractivity contribution in [2.75, 3.05) is 19.0 Å². The van der Waals surface area contributed by atoms with E-state index < -0.39 is 17.7 Å². The van der Waals surface area contributed by atoms with Crippen LogP contribution in [-0.4, -0.2) is 24.9 Å². The molecule has 0 bridgehead atoms. The van der Waals surface area contributed by atoms with Crippen molar-refractivity contribution in [3.63, 3.8) is 0 Å². The van der Waals surface area contributed by atoms with Crippen LogP contribution in [0.1, 0.15) is 24.5 Å². The van der Waals surface area contributed by atoms with E-state index in [0.29, 0.717) is 36.0 Å². The summed E-state index contributed by atoms with van der Waals surface area (Å²) in [6.07, 6.45) is -3.84. The van der Waals surface area contributed by atoms with Crippen LogP contribution in [0.5, 0.6) is 11.5 Å². The summed E-state index contributed by atoms with van der Waals surface area (Å²) in [6, 6.07) is 10.1. The monoisotopic (exact) mass is 440 g/mol. The topological polar surface area (TPSA) is 44.8 Å². The van der Waals surface area contributed by atoms with Gasteiger partial charge in [0.25, 0.3) is 0 Å². The number of esters is 1. The number of ether oxygens (including phenoxy) is 3. The van der Waals surface area contributed by atoms with E-state index in [4.69, 9.17) is 14.2 Å². The molecule has 0 aliphatic heterocycles. The highest BCUT2D eigenvalue weighted by Gasteiger charge is 2.30. The Labute approximate surface area is 178 Å². The third-order valence-electron chi connectivity index (χ3n) is 3.89. The molecule has 0 fully saturated rings. The number of aryl methyl sites for hydroxylation is 1. The molecule has 0 atom stereocenters. The van der Waals surface area contributed by atoms with Gasteiger partial charge in [0.15, 0.2) is 6.61 Å². The molecule has 0 amide bonds. The average molecular weight is 440 g/mol. The van der Waals surface area contributed by atoms with E-state index in [1.807, 2.05) is 19.1 Å². The molecule has 162 valence electrons. The highest BCUT2D eigenvalue weighted by molar-refractivity contribution is 7.99. The van der Waals surface area contributed by atoms with Gasteiger partial charge in [0.05, 0.1) is 17.9 Å². The van der Waals surface area contributed by atoms with Crippen molar-refractivity contribution in [2.24, 2.45) is 0 Å². The van der Waals surface area contributed by atoms with Crippen LogP contribution in [-0.2, 0) is 15.7 Å². The average Bonchev–Trinajstić information content (AvgIpc) is 2.67. The molecule has 0 heterocycles. The summed E-state index contributed by atoms with van der Waals surface area (Å²) in [5.74, 6) is 1.66. The number of halogens is 3. The third-order valence-corrected chi connectivity index (χ3v) is 4.89. The number of benzene rings is 2. The summed E-state index contributed by atoms with van der Waals surface area (Å²) in [7, 11) is 0. The predicted octanol–water partition coefficient (Wildman–Crippen LogP) is 6.03. The van der Waals surface area contributed by atoms with Gasteiger partial charge in [-0.25, -0.2) is 4.79 Å². The second-order valence-corrected chi connectivity index (χ2v) is 7.45. The molecule has 0 saturated carbocycles. The minimum atomic E-state index is -4.37. The number of thioether (sulfide) groups is 1. The molecule has 0 radical (unpaired) electrons. The van der Waals surface area contributed by atoms with Crippen molar-refractivity contribution >= 4 is 17.7 Å². The first-order valence-corrected chi connectivity index (χ1v) is 10.2. The lowest BCUT2D eigenvalue weighted by atomic mass is 10.2. The Morgan fingerprint density at radius 3 is 2.43 bits per heavy atom. The second kappa shape index (κ2) is 11.0. The first kappa shape index (κ1) is 23.7. The van der Waals surface area contributed by atoms with Crippen LogP contribution < -0.4 is 9.47 Å². The number of rotatable bonds is 10. The highest BCUT2D eigenvalue weighted by Crippen LogP contribution is 2.31. The van der Waals surface area contributed by atoms with Crippen LogP contribution in [0.3, 0.4) is 0 Å². The molecule has 2 aromatic carbocycles. The Bertz CT molecular complexity index is 864. The SMILES string of the molecule is C=C(CCSc1ccc(OCC(=O)OCC)c(C)c1)Oc1ccc(C(F)(F)F)cc1. The molecule has 2 aromatic rings. The van der Waals surface area contributed by atoms with Crippen LogP contribution >= 0.6 is 11.8 Å². The van der Waals surface area contributed by atoms with E-state index in [2.05, 4.69) is 6.58 Å². The highest BCUT2D eigenvalue weighted by atomic mass is 32.2. The summed E-state index contributed by atoms with van der Waals surface area (Å²) in [5.41, 5.74) is 0.171. The van der Waals surface area contributed by atoms with Gasteiger partial charge < -0.3 is 14.2 Å². The summed E-state index contributed by atoms with van der Waals surface area (Å²) in [6.45, 7) is 7.61. The van der Waals surface area contributed by atoms with E-state index in [9.17, 15) is 18.0 Å². The maximum Gasteiger partial charge on any atom is 0.416 e. The molecule has 4 nitrogen and oxygen atoms in total. The molecular formula is C22H23F3O4S. The largest absolute Gasteiger partial charge is 0.482 e. The zero-order valence-corrected chi connectivity index (χ0v) is 17.6. The van der Waals surface area contributed by atoms with E-state index in [1.54, 1.807) is 24.8 Å². The van der Waals surface area contributed by atoms with Gasteiger partial charge in [0.1, 0.15) is 11.5 Å². The lowest BCUT2D eigenvalue weighted by molar-refractivity contribution is -0.145. The van der Waals surface area contributed by atoms with Gasteiger partial charge in [-0.15, -0.1) is 11.8 Å². The number of allylic oxidation sites excluding steroid dienone is 1. The molecule has 8 heteroatoms. The summed E-state index contributed by atoms with van der Waals surface area (Å²) >= 11 is 1.58. The normalized spacial score (nSPS) is 11.1. The Morgan fingerprint density at radius 1 is 1.13 bits per heavy atom. The Hall–Kier alpha value is -2.61. The fourth-order valence-corrected chi connectivity index (χ4v) is 3.42.